The van der Waals surface area contributed by atoms with Crippen LogP contribution in [0.1, 0.15) is 18.1 Å². The molecule has 0 aliphatic heterocycles. The number of amides is 1. The lowest BCUT2D eigenvalue weighted by molar-refractivity contribution is -0.123. The second-order valence-corrected chi connectivity index (χ2v) is 7.43. The Labute approximate surface area is 192 Å². The molecule has 1 amide bonds. The first-order valence-corrected chi connectivity index (χ1v) is 10.7. The lowest BCUT2D eigenvalue weighted by atomic mass is 10.1. The molecule has 1 aromatic heterocycles. The molecule has 0 saturated heterocycles. The Morgan fingerprint density at radius 1 is 0.939 bits per heavy atom. The SMILES string of the molecule is CCOc1cc(-c2noc(-c3ccccc3)n2)ccc1OCC(=O)NCc1ccc(C)cc1. The second-order valence-electron chi connectivity index (χ2n) is 7.43. The molecule has 0 saturated carbocycles. The summed E-state index contributed by atoms with van der Waals surface area (Å²) in [6.07, 6.45) is 0. The van der Waals surface area contributed by atoms with Crippen LogP contribution in [0, 0.1) is 6.92 Å². The predicted octanol–water partition coefficient (Wildman–Crippen LogP) is 4.81. The van der Waals surface area contributed by atoms with Crippen LogP contribution in [0.25, 0.3) is 22.8 Å². The van der Waals surface area contributed by atoms with Gasteiger partial charge in [0.15, 0.2) is 18.1 Å². The summed E-state index contributed by atoms with van der Waals surface area (Å²) < 4.78 is 16.8. The van der Waals surface area contributed by atoms with Gasteiger partial charge in [0.25, 0.3) is 11.8 Å². The summed E-state index contributed by atoms with van der Waals surface area (Å²) in [5.41, 5.74) is 3.78. The van der Waals surface area contributed by atoms with Gasteiger partial charge in [-0.3, -0.25) is 4.79 Å². The summed E-state index contributed by atoms with van der Waals surface area (Å²) in [6, 6.07) is 22.9. The quantitative estimate of drug-likeness (QED) is 0.400. The molecule has 4 aromatic rings. The fraction of sp³-hybridized carbons (Fsp3) is 0.192. The van der Waals surface area contributed by atoms with Crippen LogP contribution in [0.5, 0.6) is 11.5 Å². The number of rotatable bonds is 9. The smallest absolute Gasteiger partial charge is 0.258 e. The molecule has 0 spiro atoms. The highest BCUT2D eigenvalue weighted by Gasteiger charge is 2.14. The van der Waals surface area contributed by atoms with Crippen molar-refractivity contribution in [2.45, 2.75) is 20.4 Å². The number of aromatic nitrogens is 2. The first-order chi connectivity index (χ1) is 16.1. The Morgan fingerprint density at radius 3 is 2.48 bits per heavy atom. The van der Waals surface area contributed by atoms with Gasteiger partial charge in [-0.05, 0) is 49.7 Å². The van der Waals surface area contributed by atoms with E-state index in [4.69, 9.17) is 14.0 Å². The predicted molar refractivity (Wildman–Crippen MR) is 125 cm³/mol. The van der Waals surface area contributed by atoms with E-state index in [1.54, 1.807) is 12.1 Å². The molecule has 3 aromatic carbocycles. The molecule has 168 valence electrons. The van der Waals surface area contributed by atoms with E-state index in [1.807, 2.05) is 74.5 Å². The van der Waals surface area contributed by atoms with Crippen molar-refractivity contribution in [1.82, 2.24) is 15.5 Å². The minimum absolute atomic E-state index is 0.119. The maximum Gasteiger partial charge on any atom is 0.258 e. The summed E-state index contributed by atoms with van der Waals surface area (Å²) in [7, 11) is 0. The van der Waals surface area contributed by atoms with Crippen molar-refractivity contribution >= 4 is 5.91 Å². The highest BCUT2D eigenvalue weighted by molar-refractivity contribution is 5.77. The number of carbonyl (C=O) groups excluding carboxylic acids is 1. The number of nitrogens with one attached hydrogen (secondary N) is 1. The van der Waals surface area contributed by atoms with Crippen molar-refractivity contribution in [2.75, 3.05) is 13.2 Å². The van der Waals surface area contributed by atoms with Crippen molar-refractivity contribution in [3.8, 4) is 34.3 Å². The summed E-state index contributed by atoms with van der Waals surface area (Å²) in [5.74, 6) is 1.64. The van der Waals surface area contributed by atoms with Gasteiger partial charge in [-0.15, -0.1) is 0 Å². The summed E-state index contributed by atoms with van der Waals surface area (Å²) >= 11 is 0. The van der Waals surface area contributed by atoms with Gasteiger partial charge in [0.05, 0.1) is 6.61 Å². The third-order valence-electron chi connectivity index (χ3n) is 4.92. The molecule has 0 aliphatic carbocycles. The molecule has 0 aliphatic rings. The third-order valence-corrected chi connectivity index (χ3v) is 4.92. The number of hydrogen-bond donors (Lipinski definition) is 1. The van der Waals surface area contributed by atoms with Crippen LogP contribution in [0.15, 0.2) is 77.3 Å². The molecule has 0 bridgehead atoms. The minimum Gasteiger partial charge on any atom is -0.490 e. The average Bonchev–Trinajstić information content (AvgIpc) is 3.34. The van der Waals surface area contributed by atoms with Gasteiger partial charge >= 0.3 is 0 Å². The molecular formula is C26H25N3O4. The maximum atomic E-state index is 12.2. The molecule has 0 radical (unpaired) electrons. The van der Waals surface area contributed by atoms with E-state index < -0.39 is 0 Å². The van der Waals surface area contributed by atoms with Crippen molar-refractivity contribution in [1.29, 1.82) is 0 Å². The Kier molecular flexibility index (Phi) is 6.99. The standard InChI is InChI=1S/C26H25N3O4/c1-3-31-23-15-21(25-28-26(33-29-25)20-7-5-4-6-8-20)13-14-22(23)32-17-24(30)27-16-19-11-9-18(2)10-12-19/h4-15H,3,16-17H2,1-2H3,(H,27,30). The lowest BCUT2D eigenvalue weighted by Gasteiger charge is -2.13. The van der Waals surface area contributed by atoms with E-state index in [-0.39, 0.29) is 12.5 Å². The molecule has 0 atom stereocenters. The molecule has 0 unspecified atom stereocenters. The Morgan fingerprint density at radius 2 is 1.73 bits per heavy atom. The molecule has 7 heteroatoms. The first kappa shape index (κ1) is 22.1. The maximum absolute atomic E-state index is 12.2. The van der Waals surface area contributed by atoms with Gasteiger partial charge in [-0.25, -0.2) is 0 Å². The average molecular weight is 444 g/mol. The zero-order valence-corrected chi connectivity index (χ0v) is 18.6. The number of aryl methyl sites for hydroxylation is 1. The van der Waals surface area contributed by atoms with Crippen LogP contribution in [0.2, 0.25) is 0 Å². The van der Waals surface area contributed by atoms with E-state index in [1.165, 1.54) is 5.56 Å². The molecule has 7 nitrogen and oxygen atoms in total. The zero-order chi connectivity index (χ0) is 23.0. The number of nitrogens with zero attached hydrogens (tertiary/aromatic N) is 2. The van der Waals surface area contributed by atoms with Gasteiger partial charge < -0.3 is 19.3 Å². The van der Waals surface area contributed by atoms with Crippen molar-refractivity contribution in [2.24, 2.45) is 0 Å². The number of hydrogen-bond acceptors (Lipinski definition) is 6. The summed E-state index contributed by atoms with van der Waals surface area (Å²) in [5, 5.41) is 6.94. The number of ether oxygens (including phenoxy) is 2. The van der Waals surface area contributed by atoms with Crippen LogP contribution in [0.4, 0.5) is 0 Å². The van der Waals surface area contributed by atoms with Gasteiger partial charge in [0.1, 0.15) is 0 Å². The number of benzene rings is 3. The lowest BCUT2D eigenvalue weighted by Crippen LogP contribution is -2.28. The van der Waals surface area contributed by atoms with Gasteiger partial charge in [0.2, 0.25) is 5.82 Å². The van der Waals surface area contributed by atoms with Gasteiger partial charge in [-0.2, -0.15) is 4.98 Å². The van der Waals surface area contributed by atoms with E-state index in [0.717, 1.165) is 16.7 Å². The second kappa shape index (κ2) is 10.5. The van der Waals surface area contributed by atoms with Crippen LogP contribution in [-0.2, 0) is 11.3 Å². The fourth-order valence-electron chi connectivity index (χ4n) is 3.17. The highest BCUT2D eigenvalue weighted by Crippen LogP contribution is 2.32. The van der Waals surface area contributed by atoms with E-state index in [9.17, 15) is 4.79 Å². The van der Waals surface area contributed by atoms with Crippen molar-refractivity contribution in [3.05, 3.63) is 83.9 Å². The van der Waals surface area contributed by atoms with E-state index in [0.29, 0.717) is 36.4 Å². The van der Waals surface area contributed by atoms with Gasteiger partial charge in [-0.1, -0.05) is 53.2 Å². The molecule has 33 heavy (non-hydrogen) atoms. The minimum atomic E-state index is -0.215. The Hall–Kier alpha value is -4.13. The van der Waals surface area contributed by atoms with E-state index in [2.05, 4.69) is 15.5 Å². The monoisotopic (exact) mass is 443 g/mol. The van der Waals surface area contributed by atoms with Crippen molar-refractivity contribution < 1.29 is 18.8 Å². The third kappa shape index (κ3) is 5.77. The van der Waals surface area contributed by atoms with Gasteiger partial charge in [0, 0.05) is 17.7 Å². The Balaban J connectivity index is 1.41. The van der Waals surface area contributed by atoms with Crippen LogP contribution in [-0.4, -0.2) is 29.3 Å². The fourth-order valence-corrected chi connectivity index (χ4v) is 3.17. The Bertz CT molecular complexity index is 1200. The number of carbonyl (C=O) groups is 1. The summed E-state index contributed by atoms with van der Waals surface area (Å²) in [4.78, 5) is 16.7. The normalized spacial score (nSPS) is 10.6. The molecule has 1 N–H and O–H groups in total. The van der Waals surface area contributed by atoms with E-state index >= 15 is 0 Å². The molecule has 1 heterocycles. The first-order valence-electron chi connectivity index (χ1n) is 10.7. The van der Waals surface area contributed by atoms with Crippen molar-refractivity contribution in [3.63, 3.8) is 0 Å². The molecular weight excluding hydrogens is 418 g/mol. The van der Waals surface area contributed by atoms with Crippen LogP contribution in [0.3, 0.4) is 0 Å². The highest BCUT2D eigenvalue weighted by atomic mass is 16.5. The molecule has 4 rings (SSSR count). The van der Waals surface area contributed by atoms with Crippen LogP contribution >= 0.6 is 0 Å². The topological polar surface area (TPSA) is 86.5 Å². The van der Waals surface area contributed by atoms with Crippen LogP contribution < -0.4 is 14.8 Å². The summed E-state index contributed by atoms with van der Waals surface area (Å²) in [6.45, 7) is 4.68. The zero-order valence-electron chi connectivity index (χ0n) is 18.6. The largest absolute Gasteiger partial charge is 0.490 e. The molecule has 0 fully saturated rings.